The summed E-state index contributed by atoms with van der Waals surface area (Å²) in [6, 6.07) is 4.59. The molecule has 1 aromatic rings. The summed E-state index contributed by atoms with van der Waals surface area (Å²) in [7, 11) is 0.353. The van der Waals surface area contributed by atoms with Gasteiger partial charge in [0.05, 0.1) is 0 Å². The third kappa shape index (κ3) is 6.51. The minimum atomic E-state index is -0.0494. The van der Waals surface area contributed by atoms with E-state index in [1.165, 1.54) is 16.7 Å². The Labute approximate surface area is 176 Å². The maximum Gasteiger partial charge on any atom is 0.181 e. The Kier molecular flexibility index (Phi) is 8.92. The van der Waals surface area contributed by atoms with E-state index in [0.29, 0.717) is 19.8 Å². The summed E-state index contributed by atoms with van der Waals surface area (Å²) < 4.78 is 0. The van der Waals surface area contributed by atoms with Crippen LogP contribution in [0.5, 0.6) is 0 Å². The molecule has 1 radical (unpaired) electrons. The van der Waals surface area contributed by atoms with Crippen LogP contribution in [-0.2, 0) is 16.2 Å². The van der Waals surface area contributed by atoms with E-state index < -0.39 is 0 Å². The van der Waals surface area contributed by atoms with Crippen molar-refractivity contribution in [3.8, 4) is 0 Å². The van der Waals surface area contributed by atoms with E-state index in [0.717, 1.165) is 12.0 Å². The molecule has 0 aliphatic rings. The van der Waals surface area contributed by atoms with Crippen molar-refractivity contribution in [3.05, 3.63) is 34.4 Å². The minimum absolute atomic E-state index is 0. The van der Waals surface area contributed by atoms with Gasteiger partial charge in [-0.05, 0) is 53.6 Å². The zero-order chi connectivity index (χ0) is 19.8. The summed E-state index contributed by atoms with van der Waals surface area (Å²) in [6.45, 7) is 24.5. The van der Waals surface area contributed by atoms with Crippen LogP contribution in [-0.4, -0.2) is 30.0 Å². The number of benzene rings is 1. The molecule has 0 spiro atoms. The molecule has 0 aliphatic carbocycles. The molecule has 0 aliphatic heterocycles. The first-order chi connectivity index (χ1) is 11.1. The van der Waals surface area contributed by atoms with Gasteiger partial charge in [0.1, 0.15) is 0 Å². The minimum Gasteiger partial charge on any atom is -0.289 e. The molecule has 0 saturated carbocycles. The molecule has 1 aromatic carbocycles. The summed E-state index contributed by atoms with van der Waals surface area (Å²) in [4.78, 5) is 13.3. The van der Waals surface area contributed by atoms with Crippen molar-refractivity contribution < 1.29 is 4.79 Å². The first-order valence-electron chi connectivity index (χ1n) is 9.59. The predicted molar refractivity (Wildman–Crippen MR) is 121 cm³/mol. The first-order valence-corrected chi connectivity index (χ1v) is 10.7. The van der Waals surface area contributed by atoms with Gasteiger partial charge in [-0.2, -0.15) is 0 Å². The van der Waals surface area contributed by atoms with Gasteiger partial charge in [0.25, 0.3) is 0 Å². The predicted octanol–water partition coefficient (Wildman–Crippen LogP) is 6.82. The van der Waals surface area contributed by atoms with E-state index in [4.69, 9.17) is 0 Å². The van der Waals surface area contributed by atoms with Crippen molar-refractivity contribution in [1.82, 2.24) is 0 Å². The van der Waals surface area contributed by atoms with Crippen LogP contribution in [0.3, 0.4) is 0 Å². The van der Waals surface area contributed by atoms with Crippen molar-refractivity contribution in [2.45, 2.75) is 104 Å². The van der Waals surface area contributed by atoms with Crippen molar-refractivity contribution in [3.63, 3.8) is 0 Å². The van der Waals surface area contributed by atoms with Gasteiger partial charge in [-0.3, -0.25) is 4.79 Å². The second kappa shape index (κ2) is 8.95. The number of carbonyl (C=O) groups excluding carboxylic acids is 1. The Morgan fingerprint density at radius 1 is 0.885 bits per heavy atom. The van der Waals surface area contributed by atoms with Crippen LogP contribution in [0.15, 0.2) is 12.1 Å². The number of rotatable bonds is 4. The van der Waals surface area contributed by atoms with Gasteiger partial charge in [0.15, 0.2) is 5.52 Å². The van der Waals surface area contributed by atoms with E-state index in [1.807, 2.05) is 0 Å². The molecule has 0 heterocycles. The van der Waals surface area contributed by atoms with Crippen molar-refractivity contribution >= 4 is 33.0 Å². The van der Waals surface area contributed by atoms with Crippen LogP contribution in [0, 0.1) is 0 Å². The average molecular weight is 369 g/mol. The molecule has 3 heteroatoms. The van der Waals surface area contributed by atoms with Crippen LogP contribution in [0.2, 0.25) is 0 Å². The molecule has 0 amide bonds. The largest absolute Gasteiger partial charge is 0.289 e. The summed E-state index contributed by atoms with van der Waals surface area (Å²) in [5, 5.41) is 0. The van der Waals surface area contributed by atoms with Crippen LogP contribution < -0.4 is 0 Å². The van der Waals surface area contributed by atoms with E-state index in [9.17, 15) is 4.79 Å². The molecule has 0 N–H and O–H groups in total. The molecule has 2 atom stereocenters. The van der Waals surface area contributed by atoms with Gasteiger partial charge in [0.2, 0.25) is 0 Å². The second-order valence-corrected chi connectivity index (χ2v) is 12.2. The fourth-order valence-corrected chi connectivity index (χ4v) is 3.97. The van der Waals surface area contributed by atoms with Gasteiger partial charge in [-0.1, -0.05) is 88.3 Å². The Morgan fingerprint density at radius 3 is 1.54 bits per heavy atom. The Balaban J connectivity index is 0.00000625. The zero-order valence-electron chi connectivity index (χ0n) is 19.3. The standard InChI is InChI=1S/C23H39OP.Li/c1-12-15(2)25-20(24)19-17(22(6,7)8)13-16(21(3,4)5)14-18(19)23(9,10)11;/h13-15,25H,12H2,1-11H3;. The fraction of sp³-hybridized carbons (Fsp3) is 0.696. The van der Waals surface area contributed by atoms with E-state index in [1.54, 1.807) is 0 Å². The monoisotopic (exact) mass is 369 g/mol. The van der Waals surface area contributed by atoms with Crippen molar-refractivity contribution in [1.29, 1.82) is 0 Å². The maximum atomic E-state index is 13.3. The maximum absolute atomic E-state index is 13.3. The number of hydrogen-bond donors (Lipinski definition) is 0. The van der Waals surface area contributed by atoms with Gasteiger partial charge in [-0.15, -0.1) is 0 Å². The summed E-state index contributed by atoms with van der Waals surface area (Å²) in [6.07, 6.45) is 1.06. The molecule has 0 bridgehead atoms. The molecule has 0 saturated heterocycles. The van der Waals surface area contributed by atoms with E-state index >= 15 is 0 Å². The molecule has 143 valence electrons. The smallest absolute Gasteiger partial charge is 0.181 e. The van der Waals surface area contributed by atoms with E-state index in [2.05, 4.69) is 88.3 Å². The second-order valence-electron chi connectivity index (χ2n) is 10.5. The third-order valence-corrected chi connectivity index (χ3v) is 6.25. The Bertz CT molecular complexity index is 592. The molecular weight excluding hydrogens is 330 g/mol. The average Bonchev–Trinajstić information content (AvgIpc) is 2.42. The number of hydrogen-bond acceptors (Lipinski definition) is 1. The van der Waals surface area contributed by atoms with Crippen molar-refractivity contribution in [2.75, 3.05) is 0 Å². The molecular formula is C23H39LiOP. The Hall–Kier alpha value is -0.0826. The molecule has 0 fully saturated rings. The summed E-state index contributed by atoms with van der Waals surface area (Å²) in [5.74, 6) is 0. The van der Waals surface area contributed by atoms with Crippen molar-refractivity contribution in [2.24, 2.45) is 0 Å². The molecule has 1 rings (SSSR count). The van der Waals surface area contributed by atoms with Crippen LogP contribution in [0.1, 0.15) is 110 Å². The normalized spacial score (nSPS) is 14.4. The molecule has 26 heavy (non-hydrogen) atoms. The van der Waals surface area contributed by atoms with Gasteiger partial charge in [-0.25, -0.2) is 0 Å². The summed E-state index contributed by atoms with van der Waals surface area (Å²) >= 11 is 0. The molecule has 0 aromatic heterocycles. The molecule has 1 nitrogen and oxygen atoms in total. The third-order valence-electron chi connectivity index (χ3n) is 4.84. The first kappa shape index (κ1) is 25.9. The fourth-order valence-electron chi connectivity index (χ4n) is 2.90. The van der Waals surface area contributed by atoms with Crippen LogP contribution >= 0.6 is 8.58 Å². The van der Waals surface area contributed by atoms with Gasteiger partial charge < -0.3 is 0 Å². The Morgan fingerprint density at radius 2 is 1.27 bits per heavy atom. The zero-order valence-corrected chi connectivity index (χ0v) is 20.3. The quantitative estimate of drug-likeness (QED) is 0.420. The van der Waals surface area contributed by atoms with Gasteiger partial charge in [0, 0.05) is 24.4 Å². The topological polar surface area (TPSA) is 17.1 Å². The SMILES string of the molecule is CCC(C)PC(=O)c1c(C(C)(C)C)cc(C(C)(C)C)cc1C(C)(C)C.[Li]. The molecule has 2 unspecified atom stereocenters. The van der Waals surface area contributed by atoms with Crippen LogP contribution in [0.4, 0.5) is 0 Å². The number of carbonyl (C=O) groups is 1. The van der Waals surface area contributed by atoms with Crippen LogP contribution in [0.25, 0.3) is 0 Å². The van der Waals surface area contributed by atoms with Gasteiger partial charge >= 0.3 is 0 Å². The van der Waals surface area contributed by atoms with E-state index in [-0.39, 0.29) is 35.1 Å². The summed E-state index contributed by atoms with van der Waals surface area (Å²) in [5.41, 5.74) is 5.51.